The number of amides is 2. The minimum Gasteiger partial charge on any atom is -0.348 e. The summed E-state index contributed by atoms with van der Waals surface area (Å²) in [4.78, 5) is 31.3. The Labute approximate surface area is 184 Å². The molecule has 0 saturated carbocycles. The largest absolute Gasteiger partial charge is 0.348 e. The summed E-state index contributed by atoms with van der Waals surface area (Å²) in [5.74, 6) is 0.267. The Balaban J connectivity index is 1.49. The molecule has 1 aromatic heterocycles. The zero-order valence-electron chi connectivity index (χ0n) is 16.2. The van der Waals surface area contributed by atoms with Gasteiger partial charge in [0, 0.05) is 22.2 Å². The second kappa shape index (κ2) is 10.2. The highest BCUT2D eigenvalue weighted by atomic mass is 79.9. The van der Waals surface area contributed by atoms with Crippen LogP contribution in [0, 0.1) is 5.92 Å². The van der Waals surface area contributed by atoms with Gasteiger partial charge < -0.3 is 10.6 Å². The monoisotopic (exact) mass is 478 g/mol. The third-order valence-electron chi connectivity index (χ3n) is 4.97. The van der Waals surface area contributed by atoms with Gasteiger partial charge >= 0.3 is 0 Å². The Bertz CT molecular complexity index is 845. The number of halogens is 2. The molecular weight excluding hydrogens is 456 g/mol. The van der Waals surface area contributed by atoms with Crippen LogP contribution in [0.1, 0.15) is 31.4 Å². The molecule has 1 saturated heterocycles. The van der Waals surface area contributed by atoms with E-state index < -0.39 is 0 Å². The lowest BCUT2D eigenvalue weighted by Gasteiger charge is -2.31. The molecule has 2 amide bonds. The van der Waals surface area contributed by atoms with E-state index in [4.69, 9.17) is 11.6 Å². The van der Waals surface area contributed by atoms with E-state index in [0.29, 0.717) is 17.4 Å². The number of rotatable bonds is 6. The van der Waals surface area contributed by atoms with Crippen molar-refractivity contribution in [3.63, 3.8) is 0 Å². The molecule has 0 radical (unpaired) electrons. The Kier molecular flexibility index (Phi) is 7.64. The van der Waals surface area contributed by atoms with E-state index >= 15 is 0 Å². The minimum absolute atomic E-state index is 0.0527. The quantitative estimate of drug-likeness (QED) is 0.656. The van der Waals surface area contributed by atoms with Gasteiger partial charge in [0.15, 0.2) is 0 Å². The first-order valence-corrected chi connectivity index (χ1v) is 10.8. The van der Waals surface area contributed by atoms with Crippen LogP contribution in [-0.2, 0) is 9.59 Å². The minimum atomic E-state index is -0.157. The van der Waals surface area contributed by atoms with Crippen molar-refractivity contribution in [2.45, 2.75) is 25.8 Å². The Hall–Kier alpha value is -1.96. The predicted molar refractivity (Wildman–Crippen MR) is 118 cm³/mol. The maximum absolute atomic E-state index is 12.6. The maximum Gasteiger partial charge on any atom is 0.234 e. The number of anilines is 1. The van der Waals surface area contributed by atoms with Crippen molar-refractivity contribution in [2.24, 2.45) is 5.92 Å². The molecule has 0 spiro atoms. The molecule has 2 atom stereocenters. The highest BCUT2D eigenvalue weighted by Gasteiger charge is 2.27. The average Bonchev–Trinajstić information content (AvgIpc) is 2.70. The molecule has 1 aliphatic rings. The highest BCUT2D eigenvalue weighted by Crippen LogP contribution is 2.20. The molecule has 2 N–H and O–H groups in total. The van der Waals surface area contributed by atoms with E-state index in [2.05, 4.69) is 31.5 Å². The van der Waals surface area contributed by atoms with Crippen molar-refractivity contribution in [3.8, 4) is 0 Å². The molecule has 0 aliphatic carbocycles. The molecule has 8 heteroatoms. The van der Waals surface area contributed by atoms with Gasteiger partial charge in [-0.1, -0.05) is 23.7 Å². The molecule has 1 fully saturated rings. The molecule has 2 heterocycles. The van der Waals surface area contributed by atoms with E-state index in [-0.39, 0.29) is 30.3 Å². The lowest BCUT2D eigenvalue weighted by atomic mass is 9.97. The lowest BCUT2D eigenvalue weighted by molar-refractivity contribution is -0.126. The summed E-state index contributed by atoms with van der Waals surface area (Å²) in [6.07, 6.45) is 3.34. The first-order chi connectivity index (χ1) is 13.9. The summed E-state index contributed by atoms with van der Waals surface area (Å²) < 4.78 is 0.859. The Morgan fingerprint density at radius 3 is 2.72 bits per heavy atom. The summed E-state index contributed by atoms with van der Waals surface area (Å²) >= 11 is 9.24. The summed E-state index contributed by atoms with van der Waals surface area (Å²) in [6.45, 7) is 3.59. The summed E-state index contributed by atoms with van der Waals surface area (Å²) in [6, 6.07) is 10.9. The van der Waals surface area contributed by atoms with Gasteiger partial charge in [0.2, 0.25) is 11.8 Å². The number of carbonyl (C=O) groups excluding carboxylic acids is 2. The van der Waals surface area contributed by atoms with E-state index in [1.54, 1.807) is 12.3 Å². The van der Waals surface area contributed by atoms with Gasteiger partial charge in [-0.25, -0.2) is 4.98 Å². The molecule has 2 aromatic rings. The number of carbonyl (C=O) groups is 2. The fraction of sp³-hybridized carbons (Fsp3) is 0.381. The van der Waals surface area contributed by atoms with Gasteiger partial charge in [-0.3, -0.25) is 14.5 Å². The maximum atomic E-state index is 12.6. The number of pyridine rings is 1. The van der Waals surface area contributed by atoms with Gasteiger partial charge in [0.1, 0.15) is 5.82 Å². The molecule has 0 bridgehead atoms. The summed E-state index contributed by atoms with van der Waals surface area (Å²) in [5.41, 5.74) is 1.00. The Morgan fingerprint density at radius 2 is 2.03 bits per heavy atom. The van der Waals surface area contributed by atoms with Crippen molar-refractivity contribution >= 4 is 45.2 Å². The first-order valence-electron chi connectivity index (χ1n) is 9.60. The smallest absolute Gasteiger partial charge is 0.234 e. The number of likely N-dealkylation sites (tertiary alicyclic amines) is 1. The van der Waals surface area contributed by atoms with Crippen molar-refractivity contribution in [2.75, 3.05) is 25.0 Å². The molecule has 1 aliphatic heterocycles. The second-order valence-corrected chi connectivity index (χ2v) is 8.62. The van der Waals surface area contributed by atoms with Gasteiger partial charge in [-0.2, -0.15) is 0 Å². The normalized spacial score (nSPS) is 18.1. The summed E-state index contributed by atoms with van der Waals surface area (Å²) in [5, 5.41) is 6.55. The van der Waals surface area contributed by atoms with Crippen LogP contribution in [0.4, 0.5) is 5.82 Å². The standard InChI is InChI=1S/C21H24BrClN4O2/c1-14(15-4-7-18(23)8-5-15)25-20(28)13-27-10-2-3-16(12-27)21(29)26-19-9-6-17(22)11-24-19/h4-9,11,14,16H,2-3,10,12-13H2,1H3,(H,25,28)(H,24,26,29). The molecule has 3 rings (SSSR count). The van der Waals surface area contributed by atoms with Gasteiger partial charge in [-0.05, 0) is 72.1 Å². The molecule has 154 valence electrons. The zero-order valence-corrected chi connectivity index (χ0v) is 18.5. The lowest BCUT2D eigenvalue weighted by Crippen LogP contribution is -2.45. The van der Waals surface area contributed by atoms with Crippen molar-refractivity contribution in [1.82, 2.24) is 15.2 Å². The van der Waals surface area contributed by atoms with Crippen LogP contribution in [0.15, 0.2) is 47.1 Å². The van der Waals surface area contributed by atoms with Crippen LogP contribution in [-0.4, -0.2) is 41.3 Å². The van der Waals surface area contributed by atoms with Crippen molar-refractivity contribution in [1.29, 1.82) is 0 Å². The van der Waals surface area contributed by atoms with Gasteiger partial charge in [0.25, 0.3) is 0 Å². The summed E-state index contributed by atoms with van der Waals surface area (Å²) in [7, 11) is 0. The van der Waals surface area contributed by atoms with Crippen LogP contribution in [0.2, 0.25) is 5.02 Å². The molecule has 1 aromatic carbocycles. The van der Waals surface area contributed by atoms with E-state index in [1.165, 1.54) is 0 Å². The second-order valence-electron chi connectivity index (χ2n) is 7.27. The average molecular weight is 480 g/mol. The number of nitrogens with zero attached hydrogens (tertiary/aromatic N) is 2. The van der Waals surface area contributed by atoms with Crippen LogP contribution in [0.25, 0.3) is 0 Å². The first kappa shape index (κ1) is 21.7. The number of aromatic nitrogens is 1. The Morgan fingerprint density at radius 1 is 1.28 bits per heavy atom. The van der Waals surface area contributed by atoms with E-state index in [9.17, 15) is 9.59 Å². The van der Waals surface area contributed by atoms with Crippen LogP contribution in [0.3, 0.4) is 0 Å². The third kappa shape index (κ3) is 6.52. The third-order valence-corrected chi connectivity index (χ3v) is 5.69. The van der Waals surface area contributed by atoms with Crippen LogP contribution in [0.5, 0.6) is 0 Å². The molecule has 6 nitrogen and oxygen atoms in total. The number of benzene rings is 1. The van der Waals surface area contributed by atoms with Crippen LogP contribution >= 0.6 is 27.5 Å². The molecule has 2 unspecified atom stereocenters. The SMILES string of the molecule is CC(NC(=O)CN1CCCC(C(=O)Nc2ccc(Br)cn2)C1)c1ccc(Cl)cc1. The van der Waals surface area contributed by atoms with E-state index in [1.807, 2.05) is 42.2 Å². The number of hydrogen-bond donors (Lipinski definition) is 2. The topological polar surface area (TPSA) is 74.3 Å². The number of piperidine rings is 1. The van der Waals surface area contributed by atoms with Gasteiger partial charge in [0.05, 0.1) is 18.5 Å². The zero-order chi connectivity index (χ0) is 20.8. The van der Waals surface area contributed by atoms with Crippen molar-refractivity contribution < 1.29 is 9.59 Å². The predicted octanol–water partition coefficient (Wildman–Crippen LogP) is 4.03. The molecule has 29 heavy (non-hydrogen) atoms. The number of nitrogens with one attached hydrogen (secondary N) is 2. The van der Waals surface area contributed by atoms with Gasteiger partial charge in [-0.15, -0.1) is 0 Å². The fourth-order valence-electron chi connectivity index (χ4n) is 3.42. The van der Waals surface area contributed by atoms with Crippen molar-refractivity contribution in [3.05, 3.63) is 57.7 Å². The molecular formula is C21H24BrClN4O2. The fourth-order valence-corrected chi connectivity index (χ4v) is 3.78. The number of hydrogen-bond acceptors (Lipinski definition) is 4. The van der Waals surface area contributed by atoms with Crippen LogP contribution < -0.4 is 10.6 Å². The highest BCUT2D eigenvalue weighted by molar-refractivity contribution is 9.10. The van der Waals surface area contributed by atoms with E-state index in [0.717, 1.165) is 29.4 Å².